The monoisotopic (exact) mass is 252 g/mol. The zero-order valence-corrected chi connectivity index (χ0v) is 10.8. The molecule has 1 aliphatic rings. The molecule has 5 heteroatoms. The number of nitrogens with one attached hydrogen (secondary N) is 1. The predicted octanol–water partition coefficient (Wildman–Crippen LogP) is 1.52. The number of hydrogen-bond acceptors (Lipinski definition) is 4. The maximum absolute atomic E-state index is 11.8. The van der Waals surface area contributed by atoms with E-state index in [1.54, 1.807) is 7.05 Å². The molecule has 0 spiro atoms. The molecule has 2 rings (SSSR count). The minimum Gasteiger partial charge on any atom is -0.362 e. The second-order valence-electron chi connectivity index (χ2n) is 4.61. The van der Waals surface area contributed by atoms with Crippen LogP contribution in [0.25, 0.3) is 0 Å². The molecule has 0 bridgehead atoms. The Kier molecular flexibility index (Phi) is 3.19. The topological polar surface area (TPSA) is 49.4 Å². The lowest BCUT2D eigenvalue weighted by Gasteiger charge is -2.22. The van der Waals surface area contributed by atoms with Crippen molar-refractivity contribution in [3.8, 4) is 0 Å². The van der Waals surface area contributed by atoms with Gasteiger partial charge in [-0.05, 0) is 25.5 Å². The van der Waals surface area contributed by atoms with Crippen molar-refractivity contribution >= 4 is 28.5 Å². The van der Waals surface area contributed by atoms with Gasteiger partial charge in [0.2, 0.25) is 5.91 Å². The highest BCUT2D eigenvalue weighted by Crippen LogP contribution is 2.36. The van der Waals surface area contributed by atoms with Crippen LogP contribution in [-0.4, -0.2) is 32.3 Å². The zero-order chi connectivity index (χ0) is 12.5. The van der Waals surface area contributed by atoms with Crippen LogP contribution >= 0.6 is 11.3 Å². The summed E-state index contributed by atoms with van der Waals surface area (Å²) in [5, 5.41) is 3.79. The first-order valence-corrected chi connectivity index (χ1v) is 6.43. The van der Waals surface area contributed by atoms with Gasteiger partial charge in [0, 0.05) is 20.1 Å². The molecular weight excluding hydrogens is 236 g/mol. The number of amides is 1. The van der Waals surface area contributed by atoms with E-state index in [1.165, 1.54) is 11.3 Å². The maximum atomic E-state index is 11.8. The Morgan fingerprint density at radius 1 is 1.59 bits per heavy atom. The molecule has 92 valence electrons. The fraction of sp³-hybridized carbons (Fsp3) is 0.500. The fourth-order valence-corrected chi connectivity index (χ4v) is 3.06. The molecule has 1 aromatic rings. The Bertz CT molecular complexity index is 443. The van der Waals surface area contributed by atoms with Gasteiger partial charge in [0.25, 0.3) is 0 Å². The van der Waals surface area contributed by atoms with Gasteiger partial charge in [-0.1, -0.05) is 0 Å². The molecule has 1 unspecified atom stereocenters. The summed E-state index contributed by atoms with van der Waals surface area (Å²) in [4.78, 5) is 25.3. The van der Waals surface area contributed by atoms with Crippen LogP contribution in [0.2, 0.25) is 0 Å². The van der Waals surface area contributed by atoms with Crippen molar-refractivity contribution in [2.75, 3.05) is 25.0 Å². The van der Waals surface area contributed by atoms with Gasteiger partial charge in [-0.2, -0.15) is 0 Å². The maximum Gasteiger partial charge on any atom is 0.227 e. The predicted molar refractivity (Wildman–Crippen MR) is 68.7 cm³/mol. The third kappa shape index (κ3) is 2.20. The van der Waals surface area contributed by atoms with E-state index in [0.717, 1.165) is 29.1 Å². The lowest BCUT2D eigenvalue weighted by atomic mass is 9.89. The van der Waals surface area contributed by atoms with Crippen molar-refractivity contribution in [1.29, 1.82) is 0 Å². The molecular formula is C12H16N2O2S. The molecule has 4 nitrogen and oxygen atoms in total. The van der Waals surface area contributed by atoms with E-state index < -0.39 is 0 Å². The first-order chi connectivity index (χ1) is 8.09. The smallest absolute Gasteiger partial charge is 0.227 e. The van der Waals surface area contributed by atoms with Crippen LogP contribution in [0.5, 0.6) is 0 Å². The van der Waals surface area contributed by atoms with Gasteiger partial charge in [0.05, 0.1) is 15.3 Å². The molecule has 1 aromatic heterocycles. The second kappa shape index (κ2) is 4.49. The van der Waals surface area contributed by atoms with Gasteiger partial charge in [-0.15, -0.1) is 11.3 Å². The minimum atomic E-state index is -0.319. The number of carbonyl (C=O) groups excluding carboxylic acids is 2. The van der Waals surface area contributed by atoms with Crippen molar-refractivity contribution in [3.05, 3.63) is 17.0 Å². The van der Waals surface area contributed by atoms with Crippen LogP contribution < -0.4 is 10.2 Å². The third-order valence-electron chi connectivity index (χ3n) is 3.29. The van der Waals surface area contributed by atoms with Crippen LogP contribution in [0.3, 0.4) is 0 Å². The normalized spacial score (nSPS) is 23.8. The molecule has 17 heavy (non-hydrogen) atoms. The largest absolute Gasteiger partial charge is 0.362 e. The summed E-state index contributed by atoms with van der Waals surface area (Å²) in [7, 11) is 1.67. The minimum absolute atomic E-state index is 0.0900. The van der Waals surface area contributed by atoms with E-state index in [4.69, 9.17) is 0 Å². The van der Waals surface area contributed by atoms with Crippen molar-refractivity contribution < 1.29 is 9.59 Å². The van der Waals surface area contributed by atoms with Gasteiger partial charge in [0.1, 0.15) is 0 Å². The molecule has 1 atom stereocenters. The SMILES string of the molecule is CNC(=O)C1(C)CCN(c2ccc(C=O)s2)C1. The van der Waals surface area contributed by atoms with Crippen LogP contribution in [0.15, 0.2) is 12.1 Å². The number of nitrogens with zero attached hydrogens (tertiary/aromatic N) is 1. The first-order valence-electron chi connectivity index (χ1n) is 5.61. The molecule has 1 fully saturated rings. The van der Waals surface area contributed by atoms with Crippen molar-refractivity contribution in [3.63, 3.8) is 0 Å². The molecule has 2 heterocycles. The molecule has 1 aliphatic heterocycles. The first kappa shape index (κ1) is 12.1. The van der Waals surface area contributed by atoms with Gasteiger partial charge in [-0.25, -0.2) is 0 Å². The number of carbonyl (C=O) groups is 2. The van der Waals surface area contributed by atoms with Crippen LogP contribution in [0, 0.1) is 5.41 Å². The van der Waals surface area contributed by atoms with E-state index >= 15 is 0 Å². The summed E-state index contributed by atoms with van der Waals surface area (Å²) in [5.74, 6) is 0.0900. The highest BCUT2D eigenvalue weighted by atomic mass is 32.1. The molecule has 0 saturated carbocycles. The molecule has 1 N–H and O–H groups in total. The fourth-order valence-electron chi connectivity index (χ4n) is 2.21. The lowest BCUT2D eigenvalue weighted by Crippen LogP contribution is -2.39. The van der Waals surface area contributed by atoms with E-state index in [0.29, 0.717) is 6.54 Å². The number of thiophene rings is 1. The number of hydrogen-bond donors (Lipinski definition) is 1. The van der Waals surface area contributed by atoms with E-state index in [-0.39, 0.29) is 11.3 Å². The molecule has 0 radical (unpaired) electrons. The summed E-state index contributed by atoms with van der Waals surface area (Å²) in [6, 6.07) is 3.77. The van der Waals surface area contributed by atoms with Gasteiger partial charge < -0.3 is 10.2 Å². The van der Waals surface area contributed by atoms with Crippen molar-refractivity contribution in [1.82, 2.24) is 5.32 Å². The van der Waals surface area contributed by atoms with Crippen LogP contribution in [-0.2, 0) is 4.79 Å². The Balaban J connectivity index is 2.12. The summed E-state index contributed by atoms with van der Waals surface area (Å²) in [5.41, 5.74) is -0.319. The lowest BCUT2D eigenvalue weighted by molar-refractivity contribution is -0.128. The third-order valence-corrected chi connectivity index (χ3v) is 4.36. The quantitative estimate of drug-likeness (QED) is 0.830. The molecule has 1 saturated heterocycles. The second-order valence-corrected chi connectivity index (χ2v) is 5.70. The number of anilines is 1. The molecule has 0 aliphatic carbocycles. The Labute approximate surface area is 105 Å². The van der Waals surface area contributed by atoms with E-state index in [1.807, 2.05) is 19.1 Å². The van der Waals surface area contributed by atoms with Crippen molar-refractivity contribution in [2.45, 2.75) is 13.3 Å². The highest BCUT2D eigenvalue weighted by molar-refractivity contribution is 7.17. The summed E-state index contributed by atoms with van der Waals surface area (Å²) in [6.45, 7) is 3.56. The summed E-state index contributed by atoms with van der Waals surface area (Å²) < 4.78 is 0. The molecule has 1 amide bonds. The molecule has 0 aromatic carbocycles. The van der Waals surface area contributed by atoms with Crippen LogP contribution in [0.1, 0.15) is 23.0 Å². The summed E-state index contributed by atoms with van der Waals surface area (Å²) >= 11 is 1.48. The zero-order valence-electron chi connectivity index (χ0n) is 10.0. The van der Waals surface area contributed by atoms with Gasteiger partial charge in [0.15, 0.2) is 6.29 Å². The number of aldehydes is 1. The van der Waals surface area contributed by atoms with E-state index in [2.05, 4.69) is 10.2 Å². The van der Waals surface area contributed by atoms with Crippen molar-refractivity contribution in [2.24, 2.45) is 5.41 Å². The highest BCUT2D eigenvalue weighted by Gasteiger charge is 2.40. The number of rotatable bonds is 3. The standard InChI is InChI=1S/C12H16N2O2S/c1-12(11(16)13-2)5-6-14(8-12)10-4-3-9(7-15)17-10/h3-4,7H,5-6,8H2,1-2H3,(H,13,16). The Morgan fingerprint density at radius 2 is 2.35 bits per heavy atom. The average molecular weight is 252 g/mol. The van der Waals surface area contributed by atoms with E-state index in [9.17, 15) is 9.59 Å². The van der Waals surface area contributed by atoms with Gasteiger partial charge in [-0.3, -0.25) is 9.59 Å². The Morgan fingerprint density at radius 3 is 2.94 bits per heavy atom. The van der Waals surface area contributed by atoms with Gasteiger partial charge >= 0.3 is 0 Å². The summed E-state index contributed by atoms with van der Waals surface area (Å²) in [6.07, 6.45) is 1.71. The average Bonchev–Trinajstić information content (AvgIpc) is 2.94. The Hall–Kier alpha value is -1.36. The van der Waals surface area contributed by atoms with Crippen LogP contribution in [0.4, 0.5) is 5.00 Å².